The molecule has 2 aromatic carbocycles. The van der Waals surface area contributed by atoms with Crippen LogP contribution in [-0.4, -0.2) is 43.9 Å². The van der Waals surface area contributed by atoms with Gasteiger partial charge in [-0.05, 0) is 29.8 Å². The van der Waals surface area contributed by atoms with Crippen LogP contribution in [0.5, 0.6) is 23.0 Å². The predicted molar refractivity (Wildman–Crippen MR) is 112 cm³/mol. The first-order valence-corrected chi connectivity index (χ1v) is 9.23. The molecule has 158 valence electrons. The fourth-order valence-electron chi connectivity index (χ4n) is 3.14. The number of hydrogen-bond acceptors (Lipinski definition) is 6. The molecule has 1 heterocycles. The van der Waals surface area contributed by atoms with Gasteiger partial charge in [0.25, 0.3) is 5.91 Å². The molecule has 1 aromatic heterocycles. The molecule has 1 unspecified atom stereocenters. The molecule has 8 nitrogen and oxygen atoms in total. The van der Waals surface area contributed by atoms with Crippen molar-refractivity contribution in [3.63, 3.8) is 0 Å². The van der Waals surface area contributed by atoms with Gasteiger partial charge in [0.1, 0.15) is 34.9 Å². The van der Waals surface area contributed by atoms with Crippen LogP contribution in [0.25, 0.3) is 0 Å². The number of ether oxygens (including phenoxy) is 4. The largest absolute Gasteiger partial charge is 0.497 e. The average Bonchev–Trinajstić information content (AvgIpc) is 3.21. The Bertz CT molecular complexity index is 1010. The lowest BCUT2D eigenvalue weighted by Gasteiger charge is -2.21. The molecule has 3 aromatic rings. The molecule has 0 aliphatic heterocycles. The van der Waals surface area contributed by atoms with Crippen molar-refractivity contribution in [2.24, 2.45) is 7.05 Å². The molecule has 0 spiro atoms. The van der Waals surface area contributed by atoms with Crippen molar-refractivity contribution in [1.29, 1.82) is 0 Å². The quantitative estimate of drug-likeness (QED) is 0.614. The summed E-state index contributed by atoms with van der Waals surface area (Å²) in [5, 5.41) is 3.05. The van der Waals surface area contributed by atoms with E-state index in [0.29, 0.717) is 34.4 Å². The Balaban J connectivity index is 2.03. The van der Waals surface area contributed by atoms with Crippen molar-refractivity contribution in [2.75, 3.05) is 28.4 Å². The second-order valence-corrected chi connectivity index (χ2v) is 6.52. The van der Waals surface area contributed by atoms with Crippen molar-refractivity contribution in [1.82, 2.24) is 14.9 Å². The maximum atomic E-state index is 13.2. The lowest BCUT2D eigenvalue weighted by Crippen LogP contribution is -2.31. The Hall–Kier alpha value is -3.68. The molecule has 8 heteroatoms. The van der Waals surface area contributed by atoms with Crippen LogP contribution in [0.2, 0.25) is 0 Å². The first-order chi connectivity index (χ1) is 14.5. The third-order valence-corrected chi connectivity index (χ3v) is 4.75. The van der Waals surface area contributed by atoms with Crippen molar-refractivity contribution < 1.29 is 23.7 Å². The van der Waals surface area contributed by atoms with Gasteiger partial charge < -0.3 is 28.8 Å². The standard InChI is InChI=1S/C22H25N3O5/c1-25-9-8-23-21(25)20(14-10-16(28-3)12-17(11-14)29-4)24-22(26)18-7-6-15(27-2)13-19(18)30-5/h6-13,20H,1-5H3,(H,24,26). The van der Waals surface area contributed by atoms with E-state index in [-0.39, 0.29) is 5.91 Å². The smallest absolute Gasteiger partial charge is 0.255 e. The molecule has 3 rings (SSSR count). The number of imidazole rings is 1. The van der Waals surface area contributed by atoms with Crippen LogP contribution < -0.4 is 24.3 Å². The van der Waals surface area contributed by atoms with Crippen molar-refractivity contribution in [3.8, 4) is 23.0 Å². The normalized spacial score (nSPS) is 11.5. The van der Waals surface area contributed by atoms with Gasteiger partial charge in [-0.15, -0.1) is 0 Å². The van der Waals surface area contributed by atoms with E-state index in [1.165, 1.54) is 7.11 Å². The molecule has 0 saturated carbocycles. The molecule has 0 bridgehead atoms. The lowest BCUT2D eigenvalue weighted by atomic mass is 10.0. The summed E-state index contributed by atoms with van der Waals surface area (Å²) in [5.41, 5.74) is 1.15. The second kappa shape index (κ2) is 9.21. The zero-order valence-corrected chi connectivity index (χ0v) is 17.6. The lowest BCUT2D eigenvalue weighted by molar-refractivity contribution is 0.0938. The number of carbonyl (C=O) groups excluding carboxylic acids is 1. The van der Waals surface area contributed by atoms with Crippen LogP contribution in [0, 0.1) is 0 Å². The van der Waals surface area contributed by atoms with E-state index in [1.54, 1.807) is 51.8 Å². The summed E-state index contributed by atoms with van der Waals surface area (Å²) in [6.07, 6.45) is 3.50. The van der Waals surface area contributed by atoms with E-state index in [4.69, 9.17) is 18.9 Å². The second-order valence-electron chi connectivity index (χ2n) is 6.52. The van der Waals surface area contributed by atoms with Gasteiger partial charge in [0, 0.05) is 31.6 Å². The van der Waals surface area contributed by atoms with Crippen LogP contribution >= 0.6 is 0 Å². The van der Waals surface area contributed by atoms with Gasteiger partial charge in [0.15, 0.2) is 0 Å². The SMILES string of the molecule is COc1cc(OC)cc(C(NC(=O)c2ccc(OC)cc2OC)c2nccn2C)c1. The Morgan fingerprint density at radius 2 is 1.60 bits per heavy atom. The van der Waals surface area contributed by atoms with Gasteiger partial charge in [-0.25, -0.2) is 4.98 Å². The van der Waals surface area contributed by atoms with E-state index in [9.17, 15) is 4.79 Å². The molecule has 1 atom stereocenters. The fraction of sp³-hybridized carbons (Fsp3) is 0.273. The van der Waals surface area contributed by atoms with Crippen molar-refractivity contribution in [2.45, 2.75) is 6.04 Å². The minimum atomic E-state index is -0.548. The van der Waals surface area contributed by atoms with Gasteiger partial charge in [0.2, 0.25) is 0 Å². The molecule has 1 amide bonds. The zero-order valence-electron chi connectivity index (χ0n) is 17.6. The summed E-state index contributed by atoms with van der Waals surface area (Å²) >= 11 is 0. The number of amides is 1. The molecule has 1 N–H and O–H groups in total. The third-order valence-electron chi connectivity index (χ3n) is 4.75. The maximum absolute atomic E-state index is 13.2. The molecule has 0 saturated heterocycles. The van der Waals surface area contributed by atoms with E-state index < -0.39 is 6.04 Å². The summed E-state index contributed by atoms with van der Waals surface area (Å²) in [7, 11) is 8.09. The fourth-order valence-corrected chi connectivity index (χ4v) is 3.14. The number of nitrogens with zero attached hydrogens (tertiary/aromatic N) is 2. The summed E-state index contributed by atoms with van der Waals surface area (Å²) < 4.78 is 23.2. The van der Waals surface area contributed by atoms with Gasteiger partial charge in [-0.3, -0.25) is 4.79 Å². The zero-order chi connectivity index (χ0) is 21.7. The number of aromatic nitrogens is 2. The molecule has 0 aliphatic rings. The van der Waals surface area contributed by atoms with Gasteiger partial charge >= 0.3 is 0 Å². The van der Waals surface area contributed by atoms with Crippen LogP contribution in [0.3, 0.4) is 0 Å². The highest BCUT2D eigenvalue weighted by atomic mass is 16.5. The molecular weight excluding hydrogens is 386 g/mol. The number of methoxy groups -OCH3 is 4. The van der Waals surface area contributed by atoms with Gasteiger partial charge in [-0.2, -0.15) is 0 Å². The highest BCUT2D eigenvalue weighted by Crippen LogP contribution is 2.31. The monoisotopic (exact) mass is 411 g/mol. The van der Waals surface area contributed by atoms with Crippen LogP contribution in [0.1, 0.15) is 27.8 Å². The average molecular weight is 411 g/mol. The van der Waals surface area contributed by atoms with Gasteiger partial charge in [-0.1, -0.05) is 0 Å². The minimum Gasteiger partial charge on any atom is -0.497 e. The van der Waals surface area contributed by atoms with Crippen LogP contribution in [-0.2, 0) is 7.05 Å². The number of benzene rings is 2. The van der Waals surface area contributed by atoms with E-state index >= 15 is 0 Å². The van der Waals surface area contributed by atoms with Crippen molar-refractivity contribution >= 4 is 5.91 Å². The highest BCUT2D eigenvalue weighted by molar-refractivity contribution is 5.97. The van der Waals surface area contributed by atoms with Crippen LogP contribution in [0.15, 0.2) is 48.8 Å². The Kier molecular flexibility index (Phi) is 6.46. The molecular formula is C22H25N3O5. The summed E-state index contributed by atoms with van der Waals surface area (Å²) in [4.78, 5) is 17.6. The molecule has 0 aliphatic carbocycles. The minimum absolute atomic E-state index is 0.315. The predicted octanol–water partition coefficient (Wildman–Crippen LogP) is 2.97. The third kappa shape index (κ3) is 4.32. The van der Waals surface area contributed by atoms with Gasteiger partial charge in [0.05, 0.1) is 34.0 Å². The first-order valence-electron chi connectivity index (χ1n) is 9.23. The van der Waals surface area contributed by atoms with Crippen molar-refractivity contribution in [3.05, 3.63) is 65.7 Å². The van der Waals surface area contributed by atoms with E-state index in [1.807, 2.05) is 29.9 Å². The molecule has 30 heavy (non-hydrogen) atoms. The Morgan fingerprint density at radius 1 is 0.933 bits per heavy atom. The molecule has 0 fully saturated rings. The molecule has 0 radical (unpaired) electrons. The summed E-state index contributed by atoms with van der Waals surface area (Å²) in [5.74, 6) is 2.57. The first kappa shape index (κ1) is 21.0. The summed E-state index contributed by atoms with van der Waals surface area (Å²) in [6.45, 7) is 0. The van der Waals surface area contributed by atoms with E-state index in [0.717, 1.165) is 5.56 Å². The van der Waals surface area contributed by atoms with Crippen LogP contribution in [0.4, 0.5) is 0 Å². The van der Waals surface area contributed by atoms with E-state index in [2.05, 4.69) is 10.3 Å². The highest BCUT2D eigenvalue weighted by Gasteiger charge is 2.24. The number of aryl methyl sites for hydroxylation is 1. The Labute approximate surface area is 175 Å². The Morgan fingerprint density at radius 3 is 2.13 bits per heavy atom. The number of carbonyl (C=O) groups is 1. The topological polar surface area (TPSA) is 83.8 Å². The number of nitrogens with one attached hydrogen (secondary N) is 1. The maximum Gasteiger partial charge on any atom is 0.255 e. The number of hydrogen-bond donors (Lipinski definition) is 1. The summed E-state index contributed by atoms with van der Waals surface area (Å²) in [6, 6.07) is 9.94. The number of rotatable bonds is 8.